The Morgan fingerprint density at radius 3 is 2.48 bits per heavy atom. The van der Waals surface area contributed by atoms with Crippen LogP contribution in [0.25, 0.3) is 0 Å². The molecule has 130 valence electrons. The Kier molecular flexibility index (Phi) is 6.31. The fourth-order valence-corrected chi connectivity index (χ4v) is 3.93. The number of carbonyl (C=O) groups is 1. The number of carbonyl (C=O) groups excluding carboxylic acids is 1. The molecular formula is C21H23NO2S. The summed E-state index contributed by atoms with van der Waals surface area (Å²) in [6.07, 6.45) is 2.93. The molecule has 0 bridgehead atoms. The van der Waals surface area contributed by atoms with E-state index in [9.17, 15) is 4.79 Å². The number of hydrogen-bond acceptors (Lipinski definition) is 4. The highest BCUT2D eigenvalue weighted by Crippen LogP contribution is 2.33. The molecule has 0 aromatic heterocycles. The maximum atomic E-state index is 12.5. The fourth-order valence-electron chi connectivity index (χ4n) is 2.94. The quantitative estimate of drug-likeness (QED) is 0.715. The normalized spacial score (nSPS) is 17.8. The van der Waals surface area contributed by atoms with Gasteiger partial charge in [0.25, 0.3) is 0 Å². The largest absolute Gasteiger partial charge is 0.465 e. The number of benzene rings is 2. The molecule has 0 aliphatic carbocycles. The van der Waals surface area contributed by atoms with E-state index in [1.54, 1.807) is 11.8 Å². The van der Waals surface area contributed by atoms with Crippen LogP contribution in [0.3, 0.4) is 0 Å². The highest BCUT2D eigenvalue weighted by molar-refractivity contribution is 8.03. The van der Waals surface area contributed by atoms with Gasteiger partial charge in [-0.15, -0.1) is 0 Å². The van der Waals surface area contributed by atoms with Crippen molar-refractivity contribution in [1.29, 1.82) is 0 Å². The van der Waals surface area contributed by atoms with Gasteiger partial charge in [0, 0.05) is 24.4 Å². The molecule has 0 fully saturated rings. The molecule has 0 amide bonds. The van der Waals surface area contributed by atoms with Crippen molar-refractivity contribution in [3.63, 3.8) is 0 Å². The molecule has 2 aromatic carbocycles. The van der Waals surface area contributed by atoms with Gasteiger partial charge in [0.2, 0.25) is 0 Å². The third kappa shape index (κ3) is 4.97. The number of esters is 1. The summed E-state index contributed by atoms with van der Waals surface area (Å²) in [4.78, 5) is 17.1. The molecule has 3 rings (SSSR count). The Labute approximate surface area is 153 Å². The average molecular weight is 353 g/mol. The first-order valence-electron chi connectivity index (χ1n) is 8.63. The van der Waals surface area contributed by atoms with Crippen LogP contribution in [0, 0.1) is 0 Å². The minimum Gasteiger partial charge on any atom is -0.465 e. The van der Waals surface area contributed by atoms with Crippen molar-refractivity contribution in [2.45, 2.75) is 30.8 Å². The number of rotatable bonds is 6. The van der Waals surface area contributed by atoms with E-state index in [2.05, 4.69) is 35.2 Å². The van der Waals surface area contributed by atoms with Crippen molar-refractivity contribution in [3.05, 3.63) is 77.2 Å². The third-order valence-electron chi connectivity index (χ3n) is 4.17. The lowest BCUT2D eigenvalue weighted by molar-refractivity contribution is -0.149. The van der Waals surface area contributed by atoms with Crippen LogP contribution >= 0.6 is 11.8 Å². The number of hydrogen-bond donors (Lipinski definition) is 0. The smallest absolute Gasteiger partial charge is 0.323 e. The van der Waals surface area contributed by atoms with Crippen LogP contribution in [0.2, 0.25) is 0 Å². The zero-order valence-corrected chi connectivity index (χ0v) is 15.2. The number of nitrogens with zero attached hydrogens (tertiary/aromatic N) is 1. The van der Waals surface area contributed by atoms with Crippen molar-refractivity contribution in [2.75, 3.05) is 13.2 Å². The number of ether oxygens (including phenoxy) is 1. The SMILES string of the molecule is CCOC(=O)C1CC(Sc2ccccc2)=CCN1Cc1ccccc1. The molecule has 1 atom stereocenters. The van der Waals surface area contributed by atoms with Gasteiger partial charge in [-0.2, -0.15) is 0 Å². The molecule has 4 heteroatoms. The van der Waals surface area contributed by atoms with Gasteiger partial charge in [-0.1, -0.05) is 66.4 Å². The molecule has 3 nitrogen and oxygen atoms in total. The van der Waals surface area contributed by atoms with Crippen molar-refractivity contribution in [1.82, 2.24) is 4.90 Å². The van der Waals surface area contributed by atoms with E-state index in [-0.39, 0.29) is 12.0 Å². The van der Waals surface area contributed by atoms with E-state index in [1.165, 1.54) is 15.4 Å². The molecule has 0 radical (unpaired) electrons. The van der Waals surface area contributed by atoms with Crippen molar-refractivity contribution >= 4 is 17.7 Å². The zero-order chi connectivity index (χ0) is 17.5. The van der Waals surface area contributed by atoms with Crippen molar-refractivity contribution in [2.24, 2.45) is 0 Å². The van der Waals surface area contributed by atoms with Gasteiger partial charge in [0.15, 0.2) is 0 Å². The fraction of sp³-hybridized carbons (Fsp3) is 0.286. The molecule has 2 aromatic rings. The monoisotopic (exact) mass is 353 g/mol. The molecule has 0 saturated heterocycles. The Hall–Kier alpha value is -2.04. The maximum absolute atomic E-state index is 12.5. The molecule has 0 saturated carbocycles. The first-order chi connectivity index (χ1) is 12.3. The lowest BCUT2D eigenvalue weighted by Gasteiger charge is -2.33. The zero-order valence-electron chi connectivity index (χ0n) is 14.4. The summed E-state index contributed by atoms with van der Waals surface area (Å²) < 4.78 is 5.33. The van der Waals surface area contributed by atoms with Gasteiger partial charge in [0.05, 0.1) is 6.61 Å². The molecule has 0 spiro atoms. The predicted octanol–water partition coefficient (Wildman–Crippen LogP) is 4.50. The minimum atomic E-state index is -0.226. The first-order valence-corrected chi connectivity index (χ1v) is 9.44. The van der Waals surface area contributed by atoms with E-state index < -0.39 is 0 Å². The summed E-state index contributed by atoms with van der Waals surface area (Å²) in [5, 5.41) is 0. The van der Waals surface area contributed by atoms with Crippen LogP contribution in [0.15, 0.2) is 76.5 Å². The molecular weight excluding hydrogens is 330 g/mol. The number of thioether (sulfide) groups is 1. The summed E-state index contributed by atoms with van der Waals surface area (Å²) in [5.74, 6) is -0.127. The topological polar surface area (TPSA) is 29.5 Å². The molecule has 0 N–H and O–H groups in total. The lowest BCUT2D eigenvalue weighted by Crippen LogP contribution is -2.44. The van der Waals surface area contributed by atoms with Gasteiger partial charge in [-0.05, 0) is 29.5 Å². The maximum Gasteiger partial charge on any atom is 0.323 e. The van der Waals surface area contributed by atoms with E-state index in [4.69, 9.17) is 4.74 Å². The Morgan fingerprint density at radius 2 is 1.80 bits per heavy atom. The van der Waals surface area contributed by atoms with Crippen LogP contribution in [-0.2, 0) is 16.1 Å². The van der Waals surface area contributed by atoms with E-state index >= 15 is 0 Å². The van der Waals surface area contributed by atoms with Gasteiger partial charge in [0.1, 0.15) is 6.04 Å². The lowest BCUT2D eigenvalue weighted by atomic mass is 10.1. The standard InChI is InChI=1S/C21H23NO2S/c1-2-24-21(23)20-15-19(25-18-11-7-4-8-12-18)13-14-22(20)16-17-9-5-3-6-10-17/h3-13,20H,2,14-16H2,1H3. The van der Waals surface area contributed by atoms with Gasteiger partial charge < -0.3 is 4.74 Å². The van der Waals surface area contributed by atoms with Crippen LogP contribution in [-0.4, -0.2) is 30.1 Å². The van der Waals surface area contributed by atoms with Crippen molar-refractivity contribution in [3.8, 4) is 0 Å². The van der Waals surface area contributed by atoms with Crippen LogP contribution < -0.4 is 0 Å². The summed E-state index contributed by atoms with van der Waals surface area (Å²) in [6.45, 7) is 3.79. The highest BCUT2D eigenvalue weighted by Gasteiger charge is 2.31. The summed E-state index contributed by atoms with van der Waals surface area (Å²) >= 11 is 1.74. The molecule has 1 heterocycles. The molecule has 1 unspecified atom stereocenters. The summed E-state index contributed by atoms with van der Waals surface area (Å²) in [5.41, 5.74) is 1.21. The Bertz CT molecular complexity index is 715. The molecule has 1 aliphatic heterocycles. The van der Waals surface area contributed by atoms with Crippen LogP contribution in [0.4, 0.5) is 0 Å². The second kappa shape index (κ2) is 8.88. The van der Waals surface area contributed by atoms with Crippen molar-refractivity contribution < 1.29 is 9.53 Å². The Balaban J connectivity index is 1.74. The summed E-state index contributed by atoms with van der Waals surface area (Å²) in [7, 11) is 0. The molecule has 1 aliphatic rings. The van der Waals surface area contributed by atoms with E-state index in [1.807, 2.05) is 43.3 Å². The van der Waals surface area contributed by atoms with Crippen LogP contribution in [0.5, 0.6) is 0 Å². The van der Waals surface area contributed by atoms with Crippen LogP contribution in [0.1, 0.15) is 18.9 Å². The minimum absolute atomic E-state index is 0.127. The van der Waals surface area contributed by atoms with Gasteiger partial charge in [-0.25, -0.2) is 0 Å². The van der Waals surface area contributed by atoms with Gasteiger partial charge in [-0.3, -0.25) is 9.69 Å². The average Bonchev–Trinajstić information content (AvgIpc) is 2.65. The summed E-state index contributed by atoms with van der Waals surface area (Å²) in [6, 6.07) is 20.3. The molecule has 25 heavy (non-hydrogen) atoms. The predicted molar refractivity (Wildman–Crippen MR) is 102 cm³/mol. The highest BCUT2D eigenvalue weighted by atomic mass is 32.2. The second-order valence-corrected chi connectivity index (χ2v) is 7.17. The second-order valence-electron chi connectivity index (χ2n) is 5.97. The van der Waals surface area contributed by atoms with E-state index in [0.717, 1.165) is 13.1 Å². The first kappa shape index (κ1) is 17.8. The van der Waals surface area contributed by atoms with Gasteiger partial charge >= 0.3 is 5.97 Å². The van der Waals surface area contributed by atoms with E-state index in [0.29, 0.717) is 13.0 Å². The Morgan fingerprint density at radius 1 is 1.12 bits per heavy atom. The third-order valence-corrected chi connectivity index (χ3v) is 5.27.